The van der Waals surface area contributed by atoms with Gasteiger partial charge in [0.05, 0.1) is 0 Å². The van der Waals surface area contributed by atoms with Crippen LogP contribution in [0.1, 0.15) is 5.56 Å². The van der Waals surface area contributed by atoms with Crippen LogP contribution in [0.2, 0.25) is 5.02 Å². The summed E-state index contributed by atoms with van der Waals surface area (Å²) in [5, 5.41) is 0.575. The molecule has 1 aliphatic rings. The number of halogens is 1. The summed E-state index contributed by atoms with van der Waals surface area (Å²) in [6.45, 7) is 0.0665. The van der Waals surface area contributed by atoms with E-state index >= 15 is 0 Å². The molecule has 2 amide bonds. The van der Waals surface area contributed by atoms with E-state index in [2.05, 4.69) is 10.9 Å². The minimum Gasteiger partial charge on any atom is -0.485 e. The second-order valence-electron chi connectivity index (χ2n) is 5.23. The predicted octanol–water partition coefficient (Wildman–Crippen LogP) is 2.34. The molecule has 0 aromatic heterocycles. The SMILES string of the molecule is O=C(/C=C/c1cccc(Cl)c1)NNC(=O)C1COc2ccccc2O1. The Kier molecular flexibility index (Phi) is 5.20. The van der Waals surface area contributed by atoms with Crippen molar-refractivity contribution in [3.05, 3.63) is 65.2 Å². The van der Waals surface area contributed by atoms with Gasteiger partial charge in [0.25, 0.3) is 11.8 Å². The first kappa shape index (κ1) is 16.9. The highest BCUT2D eigenvalue weighted by Crippen LogP contribution is 2.30. The standard InChI is InChI=1S/C18H15ClN2O4/c19-13-5-3-4-12(10-13)8-9-17(22)20-21-18(23)16-11-24-14-6-1-2-7-15(14)25-16/h1-10,16H,11H2,(H,20,22)(H,21,23)/b9-8+. The van der Waals surface area contributed by atoms with Crippen LogP contribution in [0.5, 0.6) is 11.5 Å². The van der Waals surface area contributed by atoms with Crippen LogP contribution in [-0.2, 0) is 9.59 Å². The number of rotatable bonds is 3. The van der Waals surface area contributed by atoms with E-state index in [4.69, 9.17) is 21.1 Å². The number of nitrogens with one attached hydrogen (secondary N) is 2. The molecule has 0 fully saturated rings. The molecule has 7 heteroatoms. The van der Waals surface area contributed by atoms with Gasteiger partial charge in [-0.05, 0) is 35.9 Å². The zero-order chi connectivity index (χ0) is 17.6. The molecule has 1 heterocycles. The van der Waals surface area contributed by atoms with Crippen LogP contribution in [0.4, 0.5) is 0 Å². The molecule has 1 atom stereocenters. The Morgan fingerprint density at radius 2 is 1.88 bits per heavy atom. The van der Waals surface area contributed by atoms with Crippen LogP contribution in [-0.4, -0.2) is 24.5 Å². The second-order valence-corrected chi connectivity index (χ2v) is 5.67. The Morgan fingerprint density at radius 3 is 2.68 bits per heavy atom. The normalized spacial score (nSPS) is 15.6. The lowest BCUT2D eigenvalue weighted by Crippen LogP contribution is -2.50. The van der Waals surface area contributed by atoms with Gasteiger partial charge in [0.1, 0.15) is 6.61 Å². The maximum Gasteiger partial charge on any atom is 0.283 e. The number of fused-ring (bicyclic) bond motifs is 1. The summed E-state index contributed by atoms with van der Waals surface area (Å²) in [5.41, 5.74) is 5.38. The third-order valence-electron chi connectivity index (χ3n) is 3.39. The largest absolute Gasteiger partial charge is 0.485 e. The summed E-state index contributed by atoms with van der Waals surface area (Å²) in [6, 6.07) is 14.1. The van der Waals surface area contributed by atoms with E-state index in [0.29, 0.717) is 16.5 Å². The first-order valence-electron chi connectivity index (χ1n) is 7.54. The number of para-hydroxylation sites is 2. The van der Waals surface area contributed by atoms with Gasteiger partial charge in [-0.2, -0.15) is 0 Å². The van der Waals surface area contributed by atoms with E-state index < -0.39 is 17.9 Å². The monoisotopic (exact) mass is 358 g/mol. The van der Waals surface area contributed by atoms with Crippen LogP contribution in [0, 0.1) is 0 Å². The lowest BCUT2D eigenvalue weighted by Gasteiger charge is -2.25. The maximum atomic E-state index is 12.1. The third-order valence-corrected chi connectivity index (χ3v) is 3.62. The molecule has 0 saturated heterocycles. The van der Waals surface area contributed by atoms with E-state index in [1.54, 1.807) is 48.5 Å². The van der Waals surface area contributed by atoms with Crippen LogP contribution >= 0.6 is 11.6 Å². The van der Waals surface area contributed by atoms with E-state index in [0.717, 1.165) is 5.56 Å². The van der Waals surface area contributed by atoms with E-state index in [-0.39, 0.29) is 6.61 Å². The fraction of sp³-hybridized carbons (Fsp3) is 0.111. The molecule has 1 aliphatic heterocycles. The van der Waals surface area contributed by atoms with Crippen molar-refractivity contribution in [3.63, 3.8) is 0 Å². The van der Waals surface area contributed by atoms with Crippen molar-refractivity contribution >= 4 is 29.5 Å². The van der Waals surface area contributed by atoms with Gasteiger partial charge in [0, 0.05) is 11.1 Å². The fourth-order valence-electron chi connectivity index (χ4n) is 2.18. The van der Waals surface area contributed by atoms with E-state index in [9.17, 15) is 9.59 Å². The van der Waals surface area contributed by atoms with Gasteiger partial charge in [-0.25, -0.2) is 0 Å². The average Bonchev–Trinajstić information content (AvgIpc) is 2.64. The number of carbonyl (C=O) groups is 2. The molecule has 1 unspecified atom stereocenters. The number of hydrogen-bond donors (Lipinski definition) is 2. The summed E-state index contributed by atoms with van der Waals surface area (Å²) in [7, 11) is 0. The third kappa shape index (κ3) is 4.51. The summed E-state index contributed by atoms with van der Waals surface area (Å²) >= 11 is 5.87. The van der Waals surface area contributed by atoms with Crippen molar-refractivity contribution in [1.82, 2.24) is 10.9 Å². The van der Waals surface area contributed by atoms with Gasteiger partial charge < -0.3 is 9.47 Å². The Hall–Kier alpha value is -2.99. The van der Waals surface area contributed by atoms with Gasteiger partial charge in [-0.1, -0.05) is 35.9 Å². The molecule has 2 N–H and O–H groups in total. The molecule has 0 radical (unpaired) electrons. The topological polar surface area (TPSA) is 76.7 Å². The van der Waals surface area contributed by atoms with Gasteiger partial charge in [-0.3, -0.25) is 20.4 Å². The maximum absolute atomic E-state index is 12.1. The van der Waals surface area contributed by atoms with Gasteiger partial charge in [0.15, 0.2) is 11.5 Å². The molecule has 0 bridgehead atoms. The molecule has 0 spiro atoms. The van der Waals surface area contributed by atoms with Crippen molar-refractivity contribution in [1.29, 1.82) is 0 Å². The highest BCUT2D eigenvalue weighted by Gasteiger charge is 2.27. The summed E-state index contributed by atoms with van der Waals surface area (Å²) in [4.78, 5) is 23.8. The Balaban J connectivity index is 1.50. The van der Waals surface area contributed by atoms with Crippen molar-refractivity contribution in [2.75, 3.05) is 6.61 Å². The molecule has 0 saturated carbocycles. The summed E-state index contributed by atoms with van der Waals surface area (Å²) in [6.07, 6.45) is 2.04. The zero-order valence-corrected chi connectivity index (χ0v) is 13.8. The Morgan fingerprint density at radius 1 is 1.08 bits per heavy atom. The number of hydrogen-bond acceptors (Lipinski definition) is 4. The van der Waals surface area contributed by atoms with E-state index in [1.165, 1.54) is 6.08 Å². The Bertz CT molecular complexity index is 822. The molecule has 6 nitrogen and oxygen atoms in total. The van der Waals surface area contributed by atoms with Crippen LogP contribution in [0.15, 0.2) is 54.6 Å². The van der Waals surface area contributed by atoms with Crippen LogP contribution in [0.3, 0.4) is 0 Å². The quantitative estimate of drug-likeness (QED) is 0.652. The van der Waals surface area contributed by atoms with Crippen molar-refractivity contribution in [3.8, 4) is 11.5 Å². The fourth-order valence-corrected chi connectivity index (χ4v) is 2.37. The predicted molar refractivity (Wildman–Crippen MR) is 93.1 cm³/mol. The van der Waals surface area contributed by atoms with Crippen molar-refractivity contribution in [2.24, 2.45) is 0 Å². The second kappa shape index (κ2) is 7.72. The number of amides is 2. The van der Waals surface area contributed by atoms with E-state index in [1.807, 2.05) is 6.07 Å². The van der Waals surface area contributed by atoms with Gasteiger partial charge >= 0.3 is 0 Å². The molecule has 128 valence electrons. The van der Waals surface area contributed by atoms with Crippen LogP contribution < -0.4 is 20.3 Å². The van der Waals surface area contributed by atoms with Crippen LogP contribution in [0.25, 0.3) is 6.08 Å². The molecule has 25 heavy (non-hydrogen) atoms. The molecule has 2 aromatic rings. The zero-order valence-electron chi connectivity index (χ0n) is 13.1. The molecular weight excluding hydrogens is 344 g/mol. The minimum absolute atomic E-state index is 0.0665. The van der Waals surface area contributed by atoms with Gasteiger partial charge in [0.2, 0.25) is 6.10 Å². The highest BCUT2D eigenvalue weighted by atomic mass is 35.5. The molecule has 3 rings (SSSR count). The molecule has 2 aromatic carbocycles. The molecule has 0 aliphatic carbocycles. The first-order valence-corrected chi connectivity index (χ1v) is 7.91. The minimum atomic E-state index is -0.841. The van der Waals surface area contributed by atoms with Gasteiger partial charge in [-0.15, -0.1) is 0 Å². The summed E-state index contributed by atoms with van der Waals surface area (Å²) in [5.74, 6) is 0.0885. The lowest BCUT2D eigenvalue weighted by molar-refractivity contribution is -0.134. The number of hydrazine groups is 1. The molecular formula is C18H15ClN2O4. The van der Waals surface area contributed by atoms with Crippen molar-refractivity contribution in [2.45, 2.75) is 6.10 Å². The lowest BCUT2D eigenvalue weighted by atomic mass is 10.2. The smallest absolute Gasteiger partial charge is 0.283 e. The number of carbonyl (C=O) groups excluding carboxylic acids is 2. The number of benzene rings is 2. The highest BCUT2D eigenvalue weighted by molar-refractivity contribution is 6.30. The number of ether oxygens (including phenoxy) is 2. The average molecular weight is 359 g/mol. The Labute approximate surface area is 149 Å². The van der Waals surface area contributed by atoms with Crippen molar-refractivity contribution < 1.29 is 19.1 Å². The summed E-state index contributed by atoms with van der Waals surface area (Å²) < 4.78 is 11.0. The first-order chi connectivity index (χ1) is 12.1.